The number of unbranched alkanes of at least 4 members (excludes halogenated alkanes) is 3. The molecular formula is C22H36N2O5S. The molecule has 1 spiro atoms. The Morgan fingerprint density at radius 3 is 2.70 bits per heavy atom. The summed E-state index contributed by atoms with van der Waals surface area (Å²) in [5.41, 5.74) is 0. The molecule has 7 nitrogen and oxygen atoms in total. The predicted molar refractivity (Wildman–Crippen MR) is 116 cm³/mol. The first kappa shape index (κ1) is 23.4. The van der Waals surface area contributed by atoms with Crippen LogP contribution in [0.4, 0.5) is 0 Å². The summed E-state index contributed by atoms with van der Waals surface area (Å²) < 4.78 is 4.76. The molecule has 0 aromatic heterocycles. The molecule has 2 bridgehead atoms. The van der Waals surface area contributed by atoms with Crippen LogP contribution in [-0.2, 0) is 19.1 Å². The first-order valence-electron chi connectivity index (χ1n) is 11.5. The van der Waals surface area contributed by atoms with Crippen LogP contribution in [-0.4, -0.2) is 70.1 Å². The van der Waals surface area contributed by atoms with Crippen LogP contribution in [0.3, 0.4) is 0 Å². The third kappa shape index (κ3) is 3.85. The van der Waals surface area contributed by atoms with Gasteiger partial charge in [-0.15, -0.1) is 11.8 Å². The van der Waals surface area contributed by atoms with E-state index in [2.05, 4.69) is 19.2 Å². The summed E-state index contributed by atoms with van der Waals surface area (Å²) in [5.74, 6) is -1.31. The van der Waals surface area contributed by atoms with Crippen molar-refractivity contribution in [3.8, 4) is 0 Å². The second-order valence-electron chi connectivity index (χ2n) is 8.77. The lowest BCUT2D eigenvalue weighted by Gasteiger charge is -2.38. The summed E-state index contributed by atoms with van der Waals surface area (Å²) in [4.78, 5) is 41.4. The third-order valence-electron chi connectivity index (χ3n) is 6.94. The van der Waals surface area contributed by atoms with Gasteiger partial charge in [-0.2, -0.15) is 0 Å². The molecule has 3 aliphatic heterocycles. The lowest BCUT2D eigenvalue weighted by molar-refractivity contribution is -0.154. The average molecular weight is 441 g/mol. The molecule has 3 unspecified atom stereocenters. The topological polar surface area (TPSA) is 95.9 Å². The Hall–Kier alpha value is -1.28. The van der Waals surface area contributed by atoms with Gasteiger partial charge in [0, 0.05) is 24.9 Å². The molecule has 170 valence electrons. The van der Waals surface area contributed by atoms with Gasteiger partial charge in [0.15, 0.2) is 0 Å². The van der Waals surface area contributed by atoms with Crippen molar-refractivity contribution in [1.29, 1.82) is 0 Å². The van der Waals surface area contributed by atoms with Gasteiger partial charge in [0.25, 0.3) is 0 Å². The van der Waals surface area contributed by atoms with Crippen LogP contribution in [0.5, 0.6) is 0 Å². The molecule has 0 aliphatic carbocycles. The monoisotopic (exact) mass is 440 g/mol. The maximum Gasteiger partial charge on any atom is 0.310 e. The van der Waals surface area contributed by atoms with E-state index in [9.17, 15) is 19.5 Å². The third-order valence-corrected chi connectivity index (χ3v) is 9.02. The predicted octanol–water partition coefficient (Wildman–Crippen LogP) is 1.97. The standard InChI is InChI=1S/C22H36N2O5S/c1-4-6-7-10-23-19(26)18-22-14(3)13-15(30-22)16(21(28)29-5-2)17(22)20(27)24(18)11-8-9-12-25/h14-18,25H,4-13H2,1-3H3,(H,23,26)/t14?,15-,16+,17-,18?,22?/m0/s1. The minimum Gasteiger partial charge on any atom is -0.466 e. The summed E-state index contributed by atoms with van der Waals surface area (Å²) in [6, 6.07) is -0.570. The molecule has 0 radical (unpaired) electrons. The molecule has 30 heavy (non-hydrogen) atoms. The zero-order valence-corrected chi connectivity index (χ0v) is 19.2. The number of ether oxygens (including phenoxy) is 1. The lowest BCUT2D eigenvalue weighted by Crippen LogP contribution is -2.56. The highest BCUT2D eigenvalue weighted by atomic mass is 32.2. The summed E-state index contributed by atoms with van der Waals surface area (Å²) >= 11 is 1.67. The van der Waals surface area contributed by atoms with Gasteiger partial charge < -0.3 is 20.1 Å². The Bertz CT molecular complexity index is 659. The van der Waals surface area contributed by atoms with Gasteiger partial charge in [0.1, 0.15) is 6.04 Å². The van der Waals surface area contributed by atoms with Gasteiger partial charge in [0.05, 0.1) is 23.2 Å². The van der Waals surface area contributed by atoms with E-state index in [0.29, 0.717) is 25.9 Å². The van der Waals surface area contributed by atoms with Crippen LogP contribution in [0.2, 0.25) is 0 Å². The molecule has 0 aromatic carbocycles. The van der Waals surface area contributed by atoms with Crippen LogP contribution in [0.15, 0.2) is 0 Å². The molecule has 6 atom stereocenters. The summed E-state index contributed by atoms with van der Waals surface area (Å²) in [5, 5.41) is 12.3. The Balaban J connectivity index is 1.90. The fourth-order valence-corrected chi connectivity index (χ4v) is 8.05. The van der Waals surface area contributed by atoms with E-state index in [-0.39, 0.29) is 42.2 Å². The zero-order chi connectivity index (χ0) is 21.9. The molecule has 0 aromatic rings. The number of thioether (sulfide) groups is 1. The normalized spacial score (nSPS) is 34.3. The number of aliphatic hydroxyl groups excluding tert-OH is 1. The van der Waals surface area contributed by atoms with Crippen molar-refractivity contribution in [3.05, 3.63) is 0 Å². The van der Waals surface area contributed by atoms with Gasteiger partial charge in [-0.3, -0.25) is 14.4 Å². The fourth-order valence-electron chi connectivity index (χ4n) is 5.64. The Labute approximate surface area is 183 Å². The number of carbonyl (C=O) groups excluding carboxylic acids is 3. The van der Waals surface area contributed by atoms with Crippen molar-refractivity contribution in [3.63, 3.8) is 0 Å². The summed E-state index contributed by atoms with van der Waals surface area (Å²) in [7, 11) is 0. The molecule has 2 amide bonds. The number of nitrogens with zero attached hydrogens (tertiary/aromatic N) is 1. The second-order valence-corrected chi connectivity index (χ2v) is 10.3. The molecule has 8 heteroatoms. The number of carbonyl (C=O) groups is 3. The van der Waals surface area contributed by atoms with E-state index in [4.69, 9.17) is 4.74 Å². The number of esters is 1. The Morgan fingerprint density at radius 1 is 1.27 bits per heavy atom. The van der Waals surface area contributed by atoms with Crippen molar-refractivity contribution in [2.45, 2.75) is 75.3 Å². The van der Waals surface area contributed by atoms with E-state index in [0.717, 1.165) is 25.7 Å². The van der Waals surface area contributed by atoms with Crippen LogP contribution in [0, 0.1) is 17.8 Å². The number of amides is 2. The SMILES string of the molecule is CCCCCNC(=O)C1N(CCCCO)C(=O)[C@@H]2[C@H](C(=O)OCC)[C@@H]3CC(C)C12S3. The van der Waals surface area contributed by atoms with Gasteiger partial charge >= 0.3 is 5.97 Å². The van der Waals surface area contributed by atoms with Crippen LogP contribution in [0.1, 0.15) is 59.3 Å². The van der Waals surface area contributed by atoms with Crippen LogP contribution >= 0.6 is 11.8 Å². The Kier molecular flexibility index (Phi) is 7.71. The molecule has 3 fully saturated rings. The highest BCUT2D eigenvalue weighted by molar-refractivity contribution is 8.02. The number of rotatable bonds is 11. The van der Waals surface area contributed by atoms with E-state index in [1.807, 2.05) is 0 Å². The van der Waals surface area contributed by atoms with Crippen molar-refractivity contribution in [2.24, 2.45) is 17.8 Å². The van der Waals surface area contributed by atoms with E-state index >= 15 is 0 Å². The average Bonchev–Trinajstić information content (AvgIpc) is 3.30. The lowest BCUT2D eigenvalue weighted by atomic mass is 9.66. The molecule has 2 N–H and O–H groups in total. The maximum atomic E-state index is 13.6. The van der Waals surface area contributed by atoms with Gasteiger partial charge in [0.2, 0.25) is 11.8 Å². The smallest absolute Gasteiger partial charge is 0.310 e. The number of hydrogen-bond donors (Lipinski definition) is 2. The second kappa shape index (κ2) is 9.90. The molecule has 0 saturated carbocycles. The van der Waals surface area contributed by atoms with E-state index < -0.39 is 22.6 Å². The van der Waals surface area contributed by atoms with E-state index in [1.165, 1.54) is 0 Å². The van der Waals surface area contributed by atoms with Crippen LogP contribution < -0.4 is 5.32 Å². The first-order valence-corrected chi connectivity index (χ1v) is 12.3. The van der Waals surface area contributed by atoms with Crippen molar-refractivity contribution in [1.82, 2.24) is 10.2 Å². The highest BCUT2D eigenvalue weighted by Crippen LogP contribution is 2.68. The van der Waals surface area contributed by atoms with Gasteiger partial charge in [-0.25, -0.2) is 0 Å². The molecule has 3 heterocycles. The zero-order valence-electron chi connectivity index (χ0n) is 18.4. The van der Waals surface area contributed by atoms with Crippen molar-refractivity contribution in [2.75, 3.05) is 26.3 Å². The largest absolute Gasteiger partial charge is 0.466 e. The van der Waals surface area contributed by atoms with Crippen molar-refractivity contribution >= 4 is 29.5 Å². The van der Waals surface area contributed by atoms with Gasteiger partial charge in [-0.05, 0) is 38.5 Å². The number of hydrogen-bond acceptors (Lipinski definition) is 6. The summed E-state index contributed by atoms with van der Waals surface area (Å²) in [6.45, 7) is 7.39. The minimum absolute atomic E-state index is 0.0305. The highest BCUT2D eigenvalue weighted by Gasteiger charge is 2.76. The maximum absolute atomic E-state index is 13.6. The molecule has 3 saturated heterocycles. The summed E-state index contributed by atoms with van der Waals surface area (Å²) in [6.07, 6.45) is 5.08. The number of nitrogens with one attached hydrogen (secondary N) is 1. The first-order chi connectivity index (χ1) is 14.4. The fraction of sp³-hybridized carbons (Fsp3) is 0.864. The number of likely N-dealkylation sites (tertiary alicyclic amines) is 1. The van der Waals surface area contributed by atoms with Crippen LogP contribution in [0.25, 0.3) is 0 Å². The van der Waals surface area contributed by atoms with Crippen molar-refractivity contribution < 1.29 is 24.2 Å². The number of fused-ring (bicyclic) bond motifs is 1. The Morgan fingerprint density at radius 2 is 2.03 bits per heavy atom. The molecular weight excluding hydrogens is 404 g/mol. The number of aliphatic hydroxyl groups is 1. The molecule has 3 aliphatic rings. The quantitative estimate of drug-likeness (QED) is 0.377. The molecule has 3 rings (SSSR count). The van der Waals surface area contributed by atoms with E-state index in [1.54, 1.807) is 23.6 Å². The van der Waals surface area contributed by atoms with Gasteiger partial charge in [-0.1, -0.05) is 26.7 Å². The minimum atomic E-state index is -0.576.